The summed E-state index contributed by atoms with van der Waals surface area (Å²) in [5.41, 5.74) is 1.01. The Kier molecular flexibility index (Phi) is 5.57. The Bertz CT molecular complexity index is 1010. The van der Waals surface area contributed by atoms with E-state index in [0.29, 0.717) is 31.9 Å². The van der Waals surface area contributed by atoms with Crippen LogP contribution in [0.1, 0.15) is 5.56 Å². The number of ether oxygens (including phenoxy) is 2. The number of urea groups is 1. The number of methoxy groups -OCH3 is 2. The molecule has 30 heavy (non-hydrogen) atoms. The second-order valence-corrected chi connectivity index (χ2v) is 9.33. The van der Waals surface area contributed by atoms with E-state index in [1.807, 2.05) is 24.3 Å². The highest BCUT2D eigenvalue weighted by Crippen LogP contribution is 2.27. The van der Waals surface area contributed by atoms with Crippen molar-refractivity contribution in [3.05, 3.63) is 54.1 Å². The highest BCUT2D eigenvalue weighted by molar-refractivity contribution is 7.89. The molecule has 0 N–H and O–H groups in total. The van der Waals surface area contributed by atoms with Crippen molar-refractivity contribution in [3.8, 4) is 11.5 Å². The molecule has 0 aliphatic carbocycles. The minimum absolute atomic E-state index is 0.0442. The van der Waals surface area contributed by atoms with Crippen LogP contribution in [0.3, 0.4) is 0 Å². The quantitative estimate of drug-likeness (QED) is 0.699. The van der Waals surface area contributed by atoms with Crippen LogP contribution in [0.25, 0.3) is 0 Å². The summed E-state index contributed by atoms with van der Waals surface area (Å²) in [6, 6.07) is 13.8. The van der Waals surface area contributed by atoms with E-state index in [-0.39, 0.29) is 23.5 Å². The van der Waals surface area contributed by atoms with Crippen molar-refractivity contribution in [2.24, 2.45) is 0 Å². The van der Waals surface area contributed by atoms with Gasteiger partial charge in [0, 0.05) is 32.7 Å². The Labute approximate surface area is 176 Å². The van der Waals surface area contributed by atoms with E-state index in [1.54, 1.807) is 41.2 Å². The van der Waals surface area contributed by atoms with Crippen molar-refractivity contribution < 1.29 is 22.7 Å². The SMILES string of the molecule is COc1ccc(CN2CC3CN(S(=O)(=O)c4ccc(OC)cc4)CCN3C2=O)cc1. The molecule has 2 heterocycles. The lowest BCUT2D eigenvalue weighted by atomic mass is 10.2. The van der Waals surface area contributed by atoms with Gasteiger partial charge in [-0.25, -0.2) is 13.2 Å². The maximum absolute atomic E-state index is 13.0. The zero-order chi connectivity index (χ0) is 21.3. The van der Waals surface area contributed by atoms with E-state index < -0.39 is 10.0 Å². The molecular formula is C21H25N3O5S. The molecule has 1 unspecified atom stereocenters. The summed E-state index contributed by atoms with van der Waals surface area (Å²) in [6.45, 7) is 1.95. The number of fused-ring (bicyclic) bond motifs is 1. The summed E-state index contributed by atoms with van der Waals surface area (Å²) in [5, 5.41) is 0. The van der Waals surface area contributed by atoms with Gasteiger partial charge in [-0.1, -0.05) is 12.1 Å². The zero-order valence-electron chi connectivity index (χ0n) is 17.0. The normalized spacial score (nSPS) is 19.7. The van der Waals surface area contributed by atoms with Crippen LogP contribution in [-0.4, -0.2) is 75.0 Å². The standard InChI is InChI=1S/C21H25N3O5S/c1-28-18-5-3-16(4-6-18)13-22-14-17-15-23(11-12-24(17)21(22)25)30(26,27)20-9-7-19(29-2)8-10-20/h3-10,17H,11-15H2,1-2H3. The molecule has 2 aliphatic rings. The monoisotopic (exact) mass is 431 g/mol. The fourth-order valence-corrected chi connectivity index (χ4v) is 5.42. The number of benzene rings is 2. The largest absolute Gasteiger partial charge is 0.497 e. The van der Waals surface area contributed by atoms with Crippen LogP contribution < -0.4 is 9.47 Å². The fourth-order valence-electron chi connectivity index (χ4n) is 3.95. The van der Waals surface area contributed by atoms with Crippen LogP contribution in [0.4, 0.5) is 4.79 Å². The van der Waals surface area contributed by atoms with Crippen molar-refractivity contribution in [2.75, 3.05) is 40.4 Å². The number of carbonyl (C=O) groups is 1. The number of sulfonamides is 1. The molecule has 0 spiro atoms. The lowest BCUT2D eigenvalue weighted by Crippen LogP contribution is -2.53. The first-order valence-corrected chi connectivity index (χ1v) is 11.2. The van der Waals surface area contributed by atoms with Gasteiger partial charge in [0.15, 0.2) is 0 Å². The van der Waals surface area contributed by atoms with Crippen LogP contribution in [0, 0.1) is 0 Å². The average Bonchev–Trinajstić information content (AvgIpc) is 3.09. The number of hydrogen-bond acceptors (Lipinski definition) is 5. The number of amides is 2. The smallest absolute Gasteiger partial charge is 0.320 e. The fraction of sp³-hybridized carbons (Fsp3) is 0.381. The molecule has 160 valence electrons. The molecule has 2 aromatic carbocycles. The number of piperazine rings is 1. The number of hydrogen-bond donors (Lipinski definition) is 0. The van der Waals surface area contributed by atoms with E-state index in [4.69, 9.17) is 9.47 Å². The summed E-state index contributed by atoms with van der Waals surface area (Å²) >= 11 is 0. The van der Waals surface area contributed by atoms with Crippen molar-refractivity contribution in [2.45, 2.75) is 17.5 Å². The molecule has 0 radical (unpaired) electrons. The summed E-state index contributed by atoms with van der Waals surface area (Å²) < 4.78 is 37.8. The Morgan fingerprint density at radius 3 is 2.10 bits per heavy atom. The van der Waals surface area contributed by atoms with Gasteiger partial charge in [-0.2, -0.15) is 4.31 Å². The van der Waals surface area contributed by atoms with Gasteiger partial charge in [0.1, 0.15) is 11.5 Å². The minimum atomic E-state index is -3.62. The van der Waals surface area contributed by atoms with E-state index in [1.165, 1.54) is 11.4 Å². The van der Waals surface area contributed by atoms with Gasteiger partial charge in [-0.15, -0.1) is 0 Å². The van der Waals surface area contributed by atoms with E-state index in [9.17, 15) is 13.2 Å². The van der Waals surface area contributed by atoms with Gasteiger partial charge < -0.3 is 19.3 Å². The van der Waals surface area contributed by atoms with Gasteiger partial charge >= 0.3 is 6.03 Å². The topological polar surface area (TPSA) is 79.4 Å². The van der Waals surface area contributed by atoms with Crippen LogP contribution in [-0.2, 0) is 16.6 Å². The molecule has 4 rings (SSSR count). The molecule has 2 aromatic rings. The lowest BCUT2D eigenvalue weighted by molar-refractivity contribution is 0.159. The molecule has 0 bridgehead atoms. The van der Waals surface area contributed by atoms with Gasteiger partial charge in [0.2, 0.25) is 10.0 Å². The van der Waals surface area contributed by atoms with Gasteiger partial charge in [-0.3, -0.25) is 0 Å². The first kappa shape index (κ1) is 20.5. The van der Waals surface area contributed by atoms with Gasteiger partial charge in [-0.05, 0) is 42.0 Å². The van der Waals surface area contributed by atoms with Crippen molar-refractivity contribution in [3.63, 3.8) is 0 Å². The Morgan fingerprint density at radius 2 is 1.50 bits per heavy atom. The third-order valence-electron chi connectivity index (χ3n) is 5.62. The second-order valence-electron chi connectivity index (χ2n) is 7.40. The van der Waals surface area contributed by atoms with Crippen molar-refractivity contribution in [1.82, 2.24) is 14.1 Å². The van der Waals surface area contributed by atoms with Crippen molar-refractivity contribution >= 4 is 16.1 Å². The first-order chi connectivity index (χ1) is 14.4. The van der Waals surface area contributed by atoms with E-state index >= 15 is 0 Å². The highest BCUT2D eigenvalue weighted by atomic mass is 32.2. The third kappa shape index (κ3) is 3.82. The average molecular weight is 432 g/mol. The second kappa shape index (κ2) is 8.16. The van der Waals surface area contributed by atoms with Crippen LogP contribution in [0.15, 0.2) is 53.4 Å². The predicted molar refractivity (Wildman–Crippen MR) is 111 cm³/mol. The Balaban J connectivity index is 1.45. The summed E-state index contributed by atoms with van der Waals surface area (Å²) in [4.78, 5) is 16.6. The Hall–Kier alpha value is -2.78. The summed E-state index contributed by atoms with van der Waals surface area (Å²) in [5.74, 6) is 1.37. The van der Waals surface area contributed by atoms with Crippen LogP contribution in [0.5, 0.6) is 11.5 Å². The molecular weight excluding hydrogens is 406 g/mol. The lowest BCUT2D eigenvalue weighted by Gasteiger charge is -2.35. The molecule has 2 fully saturated rings. The third-order valence-corrected chi connectivity index (χ3v) is 7.50. The minimum Gasteiger partial charge on any atom is -0.497 e. The molecule has 1 atom stereocenters. The number of nitrogens with zero attached hydrogens (tertiary/aromatic N) is 3. The van der Waals surface area contributed by atoms with Crippen LogP contribution in [0.2, 0.25) is 0 Å². The molecule has 0 saturated carbocycles. The predicted octanol–water partition coefficient (Wildman–Crippen LogP) is 2.01. The van der Waals surface area contributed by atoms with Gasteiger partial charge in [0.25, 0.3) is 0 Å². The summed E-state index contributed by atoms with van der Waals surface area (Å²) in [6.07, 6.45) is 0. The number of rotatable bonds is 6. The Morgan fingerprint density at radius 1 is 0.900 bits per heavy atom. The number of carbonyl (C=O) groups excluding carboxylic acids is 1. The maximum Gasteiger partial charge on any atom is 0.320 e. The summed E-state index contributed by atoms with van der Waals surface area (Å²) in [7, 11) is -0.467. The molecule has 0 aromatic heterocycles. The molecule has 2 aliphatic heterocycles. The molecule has 8 nitrogen and oxygen atoms in total. The molecule has 2 amide bonds. The first-order valence-electron chi connectivity index (χ1n) is 9.75. The van der Waals surface area contributed by atoms with E-state index in [2.05, 4.69) is 0 Å². The molecule has 2 saturated heterocycles. The van der Waals surface area contributed by atoms with Crippen molar-refractivity contribution in [1.29, 1.82) is 0 Å². The van der Waals surface area contributed by atoms with Gasteiger partial charge in [0.05, 0.1) is 25.2 Å². The zero-order valence-corrected chi connectivity index (χ0v) is 17.8. The van der Waals surface area contributed by atoms with E-state index in [0.717, 1.165) is 11.3 Å². The highest BCUT2D eigenvalue weighted by Gasteiger charge is 2.43. The van der Waals surface area contributed by atoms with Crippen LogP contribution >= 0.6 is 0 Å². The maximum atomic E-state index is 13.0. The molecule has 9 heteroatoms.